The molecule has 2 heterocycles. The van der Waals surface area contributed by atoms with Crippen LogP contribution in [-0.2, 0) is 4.79 Å². The van der Waals surface area contributed by atoms with E-state index in [4.69, 9.17) is 16.0 Å². The van der Waals surface area contributed by atoms with Gasteiger partial charge < -0.3 is 9.73 Å². The number of amides is 3. The van der Waals surface area contributed by atoms with Crippen LogP contribution >= 0.6 is 11.6 Å². The Bertz CT molecular complexity index is 707. The second-order valence-corrected chi connectivity index (χ2v) is 4.56. The SMILES string of the molecule is O=C1N/C(=C/c2ccco2)C(=O)N1c1cccc(Cl)c1. The number of anilines is 1. The third-order valence-electron chi connectivity index (χ3n) is 2.77. The second kappa shape index (κ2) is 4.86. The Labute approximate surface area is 119 Å². The molecule has 0 aliphatic carbocycles. The van der Waals surface area contributed by atoms with E-state index in [2.05, 4.69) is 5.32 Å². The fourth-order valence-electron chi connectivity index (χ4n) is 1.90. The molecule has 0 atom stereocenters. The lowest BCUT2D eigenvalue weighted by molar-refractivity contribution is -0.113. The average Bonchev–Trinajstić information content (AvgIpc) is 2.99. The molecule has 20 heavy (non-hydrogen) atoms. The minimum absolute atomic E-state index is 0.157. The summed E-state index contributed by atoms with van der Waals surface area (Å²) in [4.78, 5) is 25.2. The van der Waals surface area contributed by atoms with Crippen molar-refractivity contribution in [2.45, 2.75) is 0 Å². The predicted octanol–water partition coefficient (Wildman–Crippen LogP) is 3.03. The number of furan rings is 1. The van der Waals surface area contributed by atoms with E-state index in [-0.39, 0.29) is 5.70 Å². The van der Waals surface area contributed by atoms with Gasteiger partial charge in [-0.25, -0.2) is 9.69 Å². The maximum atomic E-state index is 12.2. The van der Waals surface area contributed by atoms with Crippen LogP contribution in [0.25, 0.3) is 6.08 Å². The lowest BCUT2D eigenvalue weighted by Gasteiger charge is -2.11. The zero-order valence-electron chi connectivity index (χ0n) is 10.2. The summed E-state index contributed by atoms with van der Waals surface area (Å²) in [6.07, 6.45) is 2.97. The van der Waals surface area contributed by atoms with Crippen LogP contribution in [0.15, 0.2) is 52.8 Å². The molecular formula is C14H9ClN2O3. The topological polar surface area (TPSA) is 62.6 Å². The molecule has 1 aromatic carbocycles. The van der Waals surface area contributed by atoms with Crippen molar-refractivity contribution in [3.63, 3.8) is 0 Å². The summed E-state index contributed by atoms with van der Waals surface area (Å²) in [7, 11) is 0. The summed E-state index contributed by atoms with van der Waals surface area (Å²) in [6.45, 7) is 0. The number of benzene rings is 1. The van der Waals surface area contributed by atoms with Crippen LogP contribution in [0.2, 0.25) is 5.02 Å². The molecule has 3 amide bonds. The van der Waals surface area contributed by atoms with Gasteiger partial charge in [-0.2, -0.15) is 0 Å². The van der Waals surface area contributed by atoms with Crippen molar-refractivity contribution in [2.24, 2.45) is 0 Å². The summed E-state index contributed by atoms with van der Waals surface area (Å²) in [5.74, 6) is 0.0373. The van der Waals surface area contributed by atoms with Crippen molar-refractivity contribution in [1.82, 2.24) is 5.32 Å². The molecule has 1 saturated heterocycles. The first kappa shape index (κ1) is 12.5. The van der Waals surface area contributed by atoms with Gasteiger partial charge in [0.1, 0.15) is 11.5 Å². The van der Waals surface area contributed by atoms with E-state index in [1.165, 1.54) is 12.3 Å². The predicted molar refractivity (Wildman–Crippen MR) is 74.2 cm³/mol. The molecule has 0 bridgehead atoms. The van der Waals surface area contributed by atoms with Gasteiger partial charge in [-0.3, -0.25) is 4.79 Å². The number of rotatable bonds is 2. The Morgan fingerprint density at radius 2 is 2.05 bits per heavy atom. The van der Waals surface area contributed by atoms with Crippen molar-refractivity contribution in [3.8, 4) is 0 Å². The van der Waals surface area contributed by atoms with Gasteiger partial charge in [-0.05, 0) is 30.3 Å². The molecular weight excluding hydrogens is 280 g/mol. The van der Waals surface area contributed by atoms with Crippen LogP contribution in [-0.4, -0.2) is 11.9 Å². The number of carbonyl (C=O) groups is 2. The van der Waals surface area contributed by atoms with Gasteiger partial charge in [0.25, 0.3) is 5.91 Å². The normalized spacial score (nSPS) is 16.9. The minimum Gasteiger partial charge on any atom is -0.465 e. The van der Waals surface area contributed by atoms with E-state index in [1.807, 2.05) is 0 Å². The number of hydrogen-bond donors (Lipinski definition) is 1. The number of halogens is 1. The first-order valence-electron chi connectivity index (χ1n) is 5.81. The zero-order valence-corrected chi connectivity index (χ0v) is 10.9. The van der Waals surface area contributed by atoms with E-state index in [1.54, 1.807) is 36.4 Å². The maximum absolute atomic E-state index is 12.2. The largest absolute Gasteiger partial charge is 0.465 e. The Morgan fingerprint density at radius 1 is 1.20 bits per heavy atom. The second-order valence-electron chi connectivity index (χ2n) is 4.12. The summed E-state index contributed by atoms with van der Waals surface area (Å²) in [5.41, 5.74) is 0.577. The Hall–Kier alpha value is -2.53. The van der Waals surface area contributed by atoms with Gasteiger partial charge in [0.2, 0.25) is 0 Å². The molecule has 0 unspecified atom stereocenters. The van der Waals surface area contributed by atoms with E-state index in [9.17, 15) is 9.59 Å². The minimum atomic E-state index is -0.518. The Balaban J connectivity index is 1.95. The summed E-state index contributed by atoms with van der Waals surface area (Å²) < 4.78 is 5.12. The molecule has 2 aromatic rings. The van der Waals surface area contributed by atoms with Crippen LogP contribution in [0, 0.1) is 0 Å². The molecule has 0 spiro atoms. The highest BCUT2D eigenvalue weighted by Gasteiger charge is 2.35. The Kier molecular flexibility index (Phi) is 3.04. The van der Waals surface area contributed by atoms with Crippen LogP contribution < -0.4 is 10.2 Å². The fourth-order valence-corrected chi connectivity index (χ4v) is 2.08. The molecule has 0 radical (unpaired) electrons. The molecule has 5 nitrogen and oxygen atoms in total. The van der Waals surface area contributed by atoms with Crippen LogP contribution in [0.3, 0.4) is 0 Å². The number of carbonyl (C=O) groups excluding carboxylic acids is 2. The third kappa shape index (κ3) is 2.19. The number of urea groups is 1. The first-order chi connectivity index (χ1) is 9.65. The van der Waals surface area contributed by atoms with Crippen molar-refractivity contribution in [2.75, 3.05) is 4.90 Å². The number of hydrogen-bond acceptors (Lipinski definition) is 3. The highest BCUT2D eigenvalue weighted by molar-refractivity contribution is 6.32. The lowest BCUT2D eigenvalue weighted by atomic mass is 10.3. The zero-order chi connectivity index (χ0) is 14.1. The number of imide groups is 1. The number of nitrogens with zero attached hydrogens (tertiary/aromatic N) is 1. The van der Waals surface area contributed by atoms with E-state index in [0.717, 1.165) is 4.90 Å². The van der Waals surface area contributed by atoms with E-state index in [0.29, 0.717) is 16.5 Å². The monoisotopic (exact) mass is 288 g/mol. The molecule has 1 aromatic heterocycles. The maximum Gasteiger partial charge on any atom is 0.333 e. The molecule has 1 N–H and O–H groups in total. The fraction of sp³-hybridized carbons (Fsp3) is 0. The van der Waals surface area contributed by atoms with Crippen molar-refractivity contribution >= 4 is 35.3 Å². The Morgan fingerprint density at radius 3 is 2.75 bits per heavy atom. The quantitative estimate of drug-likeness (QED) is 0.682. The molecule has 3 rings (SSSR count). The standard InChI is InChI=1S/C14H9ClN2O3/c15-9-3-1-4-10(7-9)17-13(18)12(16-14(17)19)8-11-5-2-6-20-11/h1-8H,(H,16,19)/b12-8+. The van der Waals surface area contributed by atoms with Gasteiger partial charge in [-0.1, -0.05) is 17.7 Å². The van der Waals surface area contributed by atoms with Gasteiger partial charge >= 0.3 is 6.03 Å². The molecule has 6 heteroatoms. The summed E-state index contributed by atoms with van der Waals surface area (Å²) >= 11 is 5.87. The van der Waals surface area contributed by atoms with Crippen LogP contribution in [0.4, 0.5) is 10.5 Å². The van der Waals surface area contributed by atoms with Crippen molar-refractivity contribution < 1.29 is 14.0 Å². The van der Waals surface area contributed by atoms with E-state index < -0.39 is 11.9 Å². The third-order valence-corrected chi connectivity index (χ3v) is 3.01. The molecule has 100 valence electrons. The van der Waals surface area contributed by atoms with Gasteiger partial charge in [0.15, 0.2) is 0 Å². The van der Waals surface area contributed by atoms with Crippen LogP contribution in [0.1, 0.15) is 5.76 Å². The molecule has 1 fully saturated rings. The van der Waals surface area contributed by atoms with E-state index >= 15 is 0 Å². The van der Waals surface area contributed by atoms with Crippen molar-refractivity contribution in [3.05, 3.63) is 59.1 Å². The highest BCUT2D eigenvalue weighted by Crippen LogP contribution is 2.24. The lowest BCUT2D eigenvalue weighted by Crippen LogP contribution is -2.30. The molecule has 0 saturated carbocycles. The molecule has 1 aliphatic rings. The highest BCUT2D eigenvalue weighted by atomic mass is 35.5. The van der Waals surface area contributed by atoms with Crippen LogP contribution in [0.5, 0.6) is 0 Å². The van der Waals surface area contributed by atoms with Crippen molar-refractivity contribution in [1.29, 1.82) is 0 Å². The first-order valence-corrected chi connectivity index (χ1v) is 6.19. The molecule has 1 aliphatic heterocycles. The van der Waals surface area contributed by atoms with Gasteiger partial charge in [0, 0.05) is 11.1 Å². The van der Waals surface area contributed by atoms with Gasteiger partial charge in [-0.15, -0.1) is 0 Å². The van der Waals surface area contributed by atoms with Gasteiger partial charge in [0.05, 0.1) is 12.0 Å². The number of nitrogens with one attached hydrogen (secondary N) is 1. The smallest absolute Gasteiger partial charge is 0.333 e. The summed E-state index contributed by atoms with van der Waals surface area (Å²) in [5, 5.41) is 2.96. The average molecular weight is 289 g/mol. The summed E-state index contributed by atoms with van der Waals surface area (Å²) in [6, 6.07) is 9.40.